The molecule has 7 nitrogen and oxygen atoms in total. The summed E-state index contributed by atoms with van der Waals surface area (Å²) in [5.41, 5.74) is 3.28. The normalized spacial score (nSPS) is 10.5. The van der Waals surface area contributed by atoms with Crippen LogP contribution in [0.2, 0.25) is 5.02 Å². The first-order chi connectivity index (χ1) is 13.0. The molecule has 0 aromatic heterocycles. The number of rotatable bonds is 7. The van der Waals surface area contributed by atoms with E-state index in [9.17, 15) is 9.59 Å². The first-order valence-corrected chi connectivity index (χ1v) is 8.62. The zero-order valence-corrected chi connectivity index (χ0v) is 15.7. The summed E-state index contributed by atoms with van der Waals surface area (Å²) in [6, 6.07) is 11.7. The topological polar surface area (TPSA) is 89.0 Å². The lowest BCUT2D eigenvalue weighted by atomic mass is 10.2. The van der Waals surface area contributed by atoms with E-state index in [-0.39, 0.29) is 0 Å². The van der Waals surface area contributed by atoms with E-state index in [0.717, 1.165) is 6.42 Å². The standard InChI is InChI=1S/C19H20ClN3O4/c1-3-10-27-17-9-4-13(11-16(17)20)12-21-23-19(25)18(24)22-14-5-7-15(26-2)8-6-14/h4-9,11-12H,3,10H2,1-2H3,(H,22,24)(H,23,25)/b21-12-. The number of carbonyl (C=O) groups is 2. The van der Waals surface area contributed by atoms with E-state index in [1.165, 1.54) is 13.3 Å². The molecule has 27 heavy (non-hydrogen) atoms. The lowest BCUT2D eigenvalue weighted by molar-refractivity contribution is -0.136. The molecule has 2 N–H and O–H groups in total. The van der Waals surface area contributed by atoms with Gasteiger partial charge in [-0.1, -0.05) is 18.5 Å². The van der Waals surface area contributed by atoms with Crippen molar-refractivity contribution in [2.75, 3.05) is 19.0 Å². The summed E-state index contributed by atoms with van der Waals surface area (Å²) >= 11 is 6.12. The van der Waals surface area contributed by atoms with Crippen molar-refractivity contribution < 1.29 is 19.1 Å². The molecule has 0 saturated heterocycles. The Balaban J connectivity index is 1.88. The number of hydrogen-bond donors (Lipinski definition) is 2. The predicted octanol–water partition coefficient (Wildman–Crippen LogP) is 3.23. The van der Waals surface area contributed by atoms with Gasteiger partial charge in [0, 0.05) is 5.69 Å². The van der Waals surface area contributed by atoms with Crippen LogP contribution in [0.3, 0.4) is 0 Å². The first kappa shape index (κ1) is 20.3. The second-order valence-electron chi connectivity index (χ2n) is 5.42. The molecule has 142 valence electrons. The number of halogens is 1. The van der Waals surface area contributed by atoms with Crippen molar-refractivity contribution in [2.45, 2.75) is 13.3 Å². The van der Waals surface area contributed by atoms with Crippen molar-refractivity contribution in [2.24, 2.45) is 5.10 Å². The van der Waals surface area contributed by atoms with Crippen LogP contribution in [0.25, 0.3) is 0 Å². The number of benzene rings is 2. The summed E-state index contributed by atoms with van der Waals surface area (Å²) in [4.78, 5) is 23.6. The zero-order valence-electron chi connectivity index (χ0n) is 15.0. The van der Waals surface area contributed by atoms with Crippen molar-refractivity contribution in [3.05, 3.63) is 53.1 Å². The lowest BCUT2D eigenvalue weighted by Crippen LogP contribution is -2.32. The highest BCUT2D eigenvalue weighted by Crippen LogP contribution is 2.25. The SMILES string of the molecule is CCCOc1ccc(/C=N\NC(=O)C(=O)Nc2ccc(OC)cc2)cc1Cl. The van der Waals surface area contributed by atoms with Gasteiger partial charge < -0.3 is 14.8 Å². The third-order valence-electron chi connectivity index (χ3n) is 3.35. The van der Waals surface area contributed by atoms with Crippen LogP contribution in [0.1, 0.15) is 18.9 Å². The number of carbonyl (C=O) groups excluding carboxylic acids is 2. The second kappa shape index (κ2) is 10.2. The largest absolute Gasteiger partial charge is 0.497 e. The van der Waals surface area contributed by atoms with Gasteiger partial charge in [0.05, 0.1) is 25.0 Å². The number of nitrogens with one attached hydrogen (secondary N) is 2. The molecule has 0 aliphatic heterocycles. The van der Waals surface area contributed by atoms with E-state index < -0.39 is 11.8 Å². The molecule has 0 spiro atoms. The lowest BCUT2D eigenvalue weighted by Gasteiger charge is -2.07. The number of amides is 2. The maximum Gasteiger partial charge on any atom is 0.329 e. The van der Waals surface area contributed by atoms with Gasteiger partial charge in [-0.2, -0.15) is 5.10 Å². The van der Waals surface area contributed by atoms with Crippen LogP contribution in [0, 0.1) is 0 Å². The Morgan fingerprint density at radius 2 is 1.89 bits per heavy atom. The second-order valence-corrected chi connectivity index (χ2v) is 5.83. The zero-order chi connectivity index (χ0) is 19.6. The van der Waals surface area contributed by atoms with E-state index in [2.05, 4.69) is 15.8 Å². The van der Waals surface area contributed by atoms with Crippen LogP contribution in [0.4, 0.5) is 5.69 Å². The molecule has 2 rings (SSSR count). The Hall–Kier alpha value is -3.06. The van der Waals surface area contributed by atoms with E-state index in [1.807, 2.05) is 6.92 Å². The fourth-order valence-corrected chi connectivity index (χ4v) is 2.25. The van der Waals surface area contributed by atoms with Gasteiger partial charge >= 0.3 is 11.8 Å². The summed E-state index contributed by atoms with van der Waals surface area (Å²) in [7, 11) is 1.54. The minimum atomic E-state index is -0.893. The van der Waals surface area contributed by atoms with E-state index >= 15 is 0 Å². The Labute approximate surface area is 162 Å². The Kier molecular flexibility index (Phi) is 7.63. The van der Waals surface area contributed by atoms with Gasteiger partial charge in [-0.3, -0.25) is 9.59 Å². The van der Waals surface area contributed by atoms with Crippen LogP contribution >= 0.6 is 11.6 Å². The average Bonchev–Trinajstić information content (AvgIpc) is 2.67. The number of nitrogens with zero attached hydrogens (tertiary/aromatic N) is 1. The number of methoxy groups -OCH3 is 1. The molecule has 0 unspecified atom stereocenters. The molecule has 2 aromatic carbocycles. The maximum absolute atomic E-state index is 11.8. The summed E-state index contributed by atoms with van der Waals surface area (Å²) < 4.78 is 10.5. The van der Waals surface area contributed by atoms with E-state index in [0.29, 0.717) is 34.4 Å². The Morgan fingerprint density at radius 3 is 2.52 bits per heavy atom. The monoisotopic (exact) mass is 389 g/mol. The molecule has 0 aliphatic carbocycles. The minimum Gasteiger partial charge on any atom is -0.497 e. The third-order valence-corrected chi connectivity index (χ3v) is 3.65. The Bertz CT molecular complexity index is 822. The van der Waals surface area contributed by atoms with Gasteiger partial charge in [0.2, 0.25) is 0 Å². The fraction of sp³-hybridized carbons (Fsp3) is 0.211. The highest BCUT2D eigenvalue weighted by Gasteiger charge is 2.12. The highest BCUT2D eigenvalue weighted by molar-refractivity contribution is 6.39. The van der Waals surface area contributed by atoms with Crippen LogP contribution in [-0.2, 0) is 9.59 Å². The average molecular weight is 390 g/mol. The molecule has 0 saturated carbocycles. The smallest absolute Gasteiger partial charge is 0.329 e. The van der Waals surface area contributed by atoms with Crippen LogP contribution in [-0.4, -0.2) is 31.7 Å². The molecule has 2 amide bonds. The summed E-state index contributed by atoms with van der Waals surface area (Å²) in [5.74, 6) is -0.500. The van der Waals surface area contributed by atoms with Crippen LogP contribution in [0.15, 0.2) is 47.6 Å². The van der Waals surface area contributed by atoms with Gasteiger partial charge in [0.15, 0.2) is 0 Å². The molecular weight excluding hydrogens is 370 g/mol. The summed E-state index contributed by atoms with van der Waals surface area (Å²) in [6.45, 7) is 2.58. The van der Waals surface area contributed by atoms with Crippen molar-refractivity contribution >= 4 is 35.3 Å². The molecule has 8 heteroatoms. The van der Waals surface area contributed by atoms with Crippen LogP contribution in [0.5, 0.6) is 11.5 Å². The predicted molar refractivity (Wildman–Crippen MR) is 105 cm³/mol. The molecule has 0 fully saturated rings. The van der Waals surface area contributed by atoms with Crippen molar-refractivity contribution in [3.8, 4) is 11.5 Å². The van der Waals surface area contributed by atoms with Gasteiger partial charge in [-0.15, -0.1) is 0 Å². The maximum atomic E-state index is 11.8. The molecule has 0 aliphatic rings. The molecule has 0 heterocycles. The summed E-state index contributed by atoms with van der Waals surface area (Å²) in [6.07, 6.45) is 2.26. The van der Waals surface area contributed by atoms with Crippen molar-refractivity contribution in [1.29, 1.82) is 0 Å². The fourth-order valence-electron chi connectivity index (χ4n) is 2.00. The summed E-state index contributed by atoms with van der Waals surface area (Å²) in [5, 5.41) is 6.66. The van der Waals surface area contributed by atoms with Gasteiger partial charge in [0.25, 0.3) is 0 Å². The molecule has 2 aromatic rings. The minimum absolute atomic E-state index is 0.441. The van der Waals surface area contributed by atoms with E-state index in [4.69, 9.17) is 21.1 Å². The van der Waals surface area contributed by atoms with Crippen LogP contribution < -0.4 is 20.2 Å². The highest BCUT2D eigenvalue weighted by atomic mass is 35.5. The third kappa shape index (κ3) is 6.31. The molecule has 0 bridgehead atoms. The number of anilines is 1. The molecule has 0 atom stereocenters. The van der Waals surface area contributed by atoms with Gasteiger partial charge in [0.1, 0.15) is 11.5 Å². The van der Waals surface area contributed by atoms with Crippen molar-refractivity contribution in [3.63, 3.8) is 0 Å². The van der Waals surface area contributed by atoms with Gasteiger partial charge in [-0.05, 0) is 54.4 Å². The van der Waals surface area contributed by atoms with Crippen molar-refractivity contribution in [1.82, 2.24) is 5.43 Å². The Morgan fingerprint density at radius 1 is 1.15 bits per heavy atom. The number of hydrazone groups is 1. The number of hydrogen-bond acceptors (Lipinski definition) is 5. The van der Waals surface area contributed by atoms with E-state index in [1.54, 1.807) is 42.5 Å². The first-order valence-electron chi connectivity index (χ1n) is 8.24. The molecule has 0 radical (unpaired) electrons. The van der Waals surface area contributed by atoms with Gasteiger partial charge in [-0.25, -0.2) is 5.43 Å². The molecular formula is C19H20ClN3O4. The number of ether oxygens (including phenoxy) is 2. The quantitative estimate of drug-likeness (QED) is 0.432.